The number of carbonyl (C=O) groups is 1. The third-order valence-electron chi connectivity index (χ3n) is 4.65. The molecule has 0 amide bonds. The summed E-state index contributed by atoms with van der Waals surface area (Å²) in [5, 5.41) is 20.3. The number of carboxylic acids is 1. The minimum atomic E-state index is -0.811. The number of rotatable bonds is 8. The highest BCUT2D eigenvalue weighted by Gasteiger charge is 2.16. The van der Waals surface area contributed by atoms with Crippen LogP contribution in [0.25, 0.3) is 34.2 Å². The fourth-order valence-corrected chi connectivity index (χ4v) is 3.10. The van der Waals surface area contributed by atoms with Crippen LogP contribution in [0, 0.1) is 0 Å². The van der Waals surface area contributed by atoms with Crippen LogP contribution in [-0.2, 0) is 18.4 Å². The summed E-state index contributed by atoms with van der Waals surface area (Å²) in [7, 11) is 1.88. The van der Waals surface area contributed by atoms with Crippen molar-refractivity contribution in [2.45, 2.75) is 13.0 Å². The lowest BCUT2D eigenvalue weighted by Crippen LogP contribution is -2.17. The molecule has 2 aromatic carbocycles. The summed E-state index contributed by atoms with van der Waals surface area (Å²) in [5.74, 6) is 0.0408. The van der Waals surface area contributed by atoms with Crippen molar-refractivity contribution in [3.05, 3.63) is 66.2 Å². The first kappa shape index (κ1) is 19.5. The van der Waals surface area contributed by atoms with Crippen molar-refractivity contribution < 1.29 is 14.4 Å². The van der Waals surface area contributed by atoms with E-state index < -0.39 is 5.97 Å². The first-order valence-electron chi connectivity index (χ1n) is 9.55. The molecule has 0 aliphatic rings. The molecule has 0 saturated carbocycles. The maximum absolute atomic E-state index is 10.5. The largest absolute Gasteiger partial charge is 0.481 e. The molecule has 2 heterocycles. The van der Waals surface area contributed by atoms with E-state index in [0.29, 0.717) is 30.5 Å². The molecule has 0 aliphatic carbocycles. The highest BCUT2D eigenvalue weighted by molar-refractivity contribution is 5.67. The number of hydrogen-bond donors (Lipinski definition) is 2. The number of nitrogens with zero attached hydrogens (tertiary/aromatic N) is 4. The van der Waals surface area contributed by atoms with Crippen molar-refractivity contribution in [3.63, 3.8) is 0 Å². The van der Waals surface area contributed by atoms with Crippen LogP contribution in [0.2, 0.25) is 0 Å². The fraction of sp³-hybridized carbons (Fsp3) is 0.182. The van der Waals surface area contributed by atoms with Gasteiger partial charge in [-0.2, -0.15) is 10.1 Å². The van der Waals surface area contributed by atoms with Crippen molar-refractivity contribution in [2.24, 2.45) is 7.05 Å². The summed E-state index contributed by atoms with van der Waals surface area (Å²) in [6.07, 6.45) is 0.100. The number of hydrogen-bond acceptors (Lipinski definition) is 6. The summed E-state index contributed by atoms with van der Waals surface area (Å²) >= 11 is 0. The van der Waals surface area contributed by atoms with Crippen LogP contribution < -0.4 is 5.32 Å². The normalized spacial score (nSPS) is 11.0. The molecule has 8 heteroatoms. The molecule has 0 saturated heterocycles. The fourth-order valence-electron chi connectivity index (χ4n) is 3.10. The van der Waals surface area contributed by atoms with Gasteiger partial charge in [-0.25, -0.2) is 0 Å². The van der Waals surface area contributed by atoms with E-state index in [2.05, 4.69) is 20.6 Å². The van der Waals surface area contributed by atoms with Crippen LogP contribution in [-0.4, -0.2) is 37.5 Å². The first-order valence-corrected chi connectivity index (χ1v) is 9.55. The van der Waals surface area contributed by atoms with Gasteiger partial charge in [0.1, 0.15) is 0 Å². The van der Waals surface area contributed by atoms with Crippen LogP contribution >= 0.6 is 0 Å². The quantitative estimate of drug-likeness (QED) is 0.435. The Labute approximate surface area is 173 Å². The zero-order valence-corrected chi connectivity index (χ0v) is 16.4. The number of nitrogens with one attached hydrogen (secondary N) is 1. The molecule has 4 aromatic rings. The Bertz CT molecular complexity index is 1130. The summed E-state index contributed by atoms with van der Waals surface area (Å²) in [5.41, 5.74) is 4.52. The number of aromatic nitrogens is 4. The lowest BCUT2D eigenvalue weighted by atomic mass is 10.1. The lowest BCUT2D eigenvalue weighted by Gasteiger charge is -2.03. The Balaban J connectivity index is 1.46. The van der Waals surface area contributed by atoms with Crippen molar-refractivity contribution in [1.82, 2.24) is 25.2 Å². The first-order chi connectivity index (χ1) is 14.6. The predicted octanol–water partition coefficient (Wildman–Crippen LogP) is 3.37. The van der Waals surface area contributed by atoms with E-state index >= 15 is 0 Å². The molecule has 152 valence electrons. The highest BCUT2D eigenvalue weighted by Crippen LogP contribution is 2.26. The molecule has 4 rings (SSSR count). The van der Waals surface area contributed by atoms with Crippen LogP contribution in [0.3, 0.4) is 0 Å². The number of carboxylic acid groups (broad SMARTS) is 1. The van der Waals surface area contributed by atoms with Gasteiger partial charge in [-0.05, 0) is 17.2 Å². The molecular weight excluding hydrogens is 382 g/mol. The van der Waals surface area contributed by atoms with Gasteiger partial charge in [-0.1, -0.05) is 59.8 Å². The molecule has 30 heavy (non-hydrogen) atoms. The second-order valence-corrected chi connectivity index (χ2v) is 6.85. The molecule has 8 nitrogen and oxygen atoms in total. The Morgan fingerprint density at radius 2 is 1.87 bits per heavy atom. The Kier molecular flexibility index (Phi) is 5.67. The van der Waals surface area contributed by atoms with E-state index in [1.54, 1.807) is 4.68 Å². The van der Waals surface area contributed by atoms with Gasteiger partial charge in [0, 0.05) is 25.7 Å². The van der Waals surface area contributed by atoms with E-state index in [-0.39, 0.29) is 6.42 Å². The summed E-state index contributed by atoms with van der Waals surface area (Å²) < 4.78 is 7.23. The zero-order chi connectivity index (χ0) is 20.9. The van der Waals surface area contributed by atoms with Crippen molar-refractivity contribution in [3.8, 4) is 34.2 Å². The Morgan fingerprint density at radius 3 is 2.60 bits per heavy atom. The topological polar surface area (TPSA) is 106 Å². The van der Waals surface area contributed by atoms with E-state index in [4.69, 9.17) is 9.63 Å². The smallest absolute Gasteiger partial charge is 0.304 e. The van der Waals surface area contributed by atoms with E-state index in [9.17, 15) is 4.79 Å². The molecule has 0 aliphatic heterocycles. The van der Waals surface area contributed by atoms with Gasteiger partial charge in [0.15, 0.2) is 5.69 Å². The standard InChI is InChI=1S/C22H21N5O3/c1-27-19(16-5-3-2-4-6-16)13-18(25-27)22-24-21(26-30-22)17-9-7-15(8-10-17)14-23-12-11-20(28)29/h2-10,13,23H,11-12,14H2,1H3,(H,28,29). The number of benzene rings is 2. The second kappa shape index (κ2) is 8.71. The van der Waals surface area contributed by atoms with Gasteiger partial charge in [-0.3, -0.25) is 9.48 Å². The molecule has 2 N–H and O–H groups in total. The van der Waals surface area contributed by atoms with E-state index in [1.165, 1.54) is 0 Å². The van der Waals surface area contributed by atoms with Crippen molar-refractivity contribution in [2.75, 3.05) is 6.54 Å². The average molecular weight is 403 g/mol. The predicted molar refractivity (Wildman–Crippen MR) is 111 cm³/mol. The van der Waals surface area contributed by atoms with Crippen molar-refractivity contribution in [1.29, 1.82) is 0 Å². The van der Waals surface area contributed by atoms with Crippen LogP contribution in [0.1, 0.15) is 12.0 Å². The minimum absolute atomic E-state index is 0.100. The number of aliphatic carboxylic acids is 1. The molecule has 0 bridgehead atoms. The Morgan fingerprint density at radius 1 is 1.10 bits per heavy atom. The van der Waals surface area contributed by atoms with Gasteiger partial charge >= 0.3 is 5.97 Å². The summed E-state index contributed by atoms with van der Waals surface area (Å²) in [6, 6.07) is 19.7. The average Bonchev–Trinajstić information content (AvgIpc) is 3.39. The second-order valence-electron chi connectivity index (χ2n) is 6.85. The monoisotopic (exact) mass is 403 g/mol. The van der Waals surface area contributed by atoms with Gasteiger partial charge in [0.25, 0.3) is 5.89 Å². The molecule has 0 unspecified atom stereocenters. The van der Waals surface area contributed by atoms with Crippen LogP contribution in [0.15, 0.2) is 65.2 Å². The maximum atomic E-state index is 10.5. The van der Waals surface area contributed by atoms with E-state index in [1.807, 2.05) is 67.7 Å². The summed E-state index contributed by atoms with van der Waals surface area (Å²) in [4.78, 5) is 15.0. The van der Waals surface area contributed by atoms with Gasteiger partial charge < -0.3 is 14.9 Å². The molecule has 2 aromatic heterocycles. The molecule has 0 radical (unpaired) electrons. The van der Waals surface area contributed by atoms with Gasteiger partial charge in [0.05, 0.1) is 12.1 Å². The highest BCUT2D eigenvalue weighted by atomic mass is 16.5. The van der Waals surface area contributed by atoms with Gasteiger partial charge in [-0.15, -0.1) is 0 Å². The van der Waals surface area contributed by atoms with Crippen LogP contribution in [0.5, 0.6) is 0 Å². The third-order valence-corrected chi connectivity index (χ3v) is 4.65. The Hall–Kier alpha value is -3.78. The maximum Gasteiger partial charge on any atom is 0.304 e. The SMILES string of the molecule is Cn1nc(-c2nc(-c3ccc(CNCCC(=O)O)cc3)no2)cc1-c1ccccc1. The molecule has 0 spiro atoms. The lowest BCUT2D eigenvalue weighted by molar-refractivity contribution is -0.136. The van der Waals surface area contributed by atoms with Crippen LogP contribution in [0.4, 0.5) is 0 Å². The molecular formula is C22H21N5O3. The molecule has 0 atom stereocenters. The van der Waals surface area contributed by atoms with Crippen molar-refractivity contribution >= 4 is 5.97 Å². The van der Waals surface area contributed by atoms with Gasteiger partial charge in [0.2, 0.25) is 5.82 Å². The number of aryl methyl sites for hydroxylation is 1. The van der Waals surface area contributed by atoms with E-state index in [0.717, 1.165) is 22.4 Å². The summed E-state index contributed by atoms with van der Waals surface area (Å²) in [6.45, 7) is 1.03. The zero-order valence-electron chi connectivity index (χ0n) is 16.4. The minimum Gasteiger partial charge on any atom is -0.481 e. The molecule has 0 fully saturated rings. The third kappa shape index (κ3) is 4.44.